The lowest BCUT2D eigenvalue weighted by Crippen LogP contribution is -2.00. The summed E-state index contributed by atoms with van der Waals surface area (Å²) in [6.45, 7) is 0. The zero-order valence-electron chi connectivity index (χ0n) is 25.0. The maximum atomic E-state index is 5.99. The standard InChI is InChI=1S/C40H26N4OS2/c1-3-9-31(10-4-1)46-33-23-19-28(20-24-33)38-42-37(27-15-17-30(18-16-27)40-41-35-13-7-8-14-36(35)45-40)43-39(44-38)29-21-25-34(26-22-29)47-32-11-5-2-6-12-32/h1-26H. The smallest absolute Gasteiger partial charge is 0.227 e. The molecule has 0 saturated carbocycles. The number of aromatic nitrogens is 4. The first-order chi connectivity index (χ1) is 23.2. The predicted octanol–water partition coefficient (Wildman–Crippen LogP) is 11.0. The Balaban J connectivity index is 1.13. The van der Waals surface area contributed by atoms with Gasteiger partial charge in [0.1, 0.15) is 5.52 Å². The van der Waals surface area contributed by atoms with Crippen molar-refractivity contribution >= 4 is 34.6 Å². The van der Waals surface area contributed by atoms with Gasteiger partial charge in [-0.2, -0.15) is 0 Å². The molecule has 7 heteroatoms. The molecule has 0 amide bonds. The molecule has 0 saturated heterocycles. The Labute approximate surface area is 280 Å². The van der Waals surface area contributed by atoms with Crippen LogP contribution in [0.2, 0.25) is 0 Å². The van der Waals surface area contributed by atoms with Crippen molar-refractivity contribution in [2.75, 3.05) is 0 Å². The first-order valence-corrected chi connectivity index (χ1v) is 16.8. The number of fused-ring (bicyclic) bond motifs is 1. The quantitative estimate of drug-likeness (QED) is 0.163. The Morgan fingerprint density at radius 3 is 1.19 bits per heavy atom. The second-order valence-corrected chi connectivity index (χ2v) is 13.0. The van der Waals surface area contributed by atoms with E-state index in [-0.39, 0.29) is 0 Å². The fourth-order valence-electron chi connectivity index (χ4n) is 5.11. The number of hydrogen-bond donors (Lipinski definition) is 0. The number of para-hydroxylation sites is 2. The number of benzene rings is 6. The normalized spacial score (nSPS) is 11.1. The van der Waals surface area contributed by atoms with Crippen LogP contribution in [0, 0.1) is 0 Å². The maximum absolute atomic E-state index is 5.99. The van der Waals surface area contributed by atoms with Gasteiger partial charge in [-0.3, -0.25) is 0 Å². The van der Waals surface area contributed by atoms with E-state index in [0.29, 0.717) is 23.4 Å². The summed E-state index contributed by atoms with van der Waals surface area (Å²) in [6, 6.07) is 53.2. The van der Waals surface area contributed by atoms with Gasteiger partial charge in [0, 0.05) is 41.8 Å². The van der Waals surface area contributed by atoms with Crippen LogP contribution >= 0.6 is 23.5 Å². The lowest BCUT2D eigenvalue weighted by atomic mass is 10.1. The zero-order chi connectivity index (χ0) is 31.4. The van der Waals surface area contributed by atoms with E-state index in [1.165, 1.54) is 9.79 Å². The van der Waals surface area contributed by atoms with Crippen molar-refractivity contribution in [3.05, 3.63) is 158 Å². The van der Waals surface area contributed by atoms with Gasteiger partial charge >= 0.3 is 0 Å². The van der Waals surface area contributed by atoms with E-state index in [4.69, 9.17) is 19.4 Å². The largest absolute Gasteiger partial charge is 0.436 e. The molecule has 0 atom stereocenters. The van der Waals surface area contributed by atoms with Gasteiger partial charge in [0.25, 0.3) is 0 Å². The molecule has 0 N–H and O–H groups in total. The number of nitrogens with zero attached hydrogens (tertiary/aromatic N) is 4. The van der Waals surface area contributed by atoms with Gasteiger partial charge in [0.2, 0.25) is 5.89 Å². The molecule has 5 nitrogen and oxygen atoms in total. The zero-order valence-corrected chi connectivity index (χ0v) is 26.7. The van der Waals surface area contributed by atoms with Gasteiger partial charge in [-0.25, -0.2) is 19.9 Å². The van der Waals surface area contributed by atoms with Crippen LogP contribution in [0.1, 0.15) is 0 Å². The topological polar surface area (TPSA) is 64.7 Å². The summed E-state index contributed by atoms with van der Waals surface area (Å²) in [7, 11) is 0. The minimum absolute atomic E-state index is 0.580. The summed E-state index contributed by atoms with van der Waals surface area (Å²) in [5.41, 5.74) is 5.21. The van der Waals surface area contributed by atoms with Crippen LogP contribution in [-0.4, -0.2) is 19.9 Å². The summed E-state index contributed by atoms with van der Waals surface area (Å²) >= 11 is 3.45. The first-order valence-electron chi connectivity index (χ1n) is 15.1. The third kappa shape index (κ3) is 6.58. The Hall–Kier alpha value is -5.50. The molecule has 47 heavy (non-hydrogen) atoms. The van der Waals surface area contributed by atoms with Crippen LogP contribution < -0.4 is 0 Å². The molecule has 0 spiro atoms. The van der Waals surface area contributed by atoms with Crippen LogP contribution in [0.25, 0.3) is 56.7 Å². The highest BCUT2D eigenvalue weighted by molar-refractivity contribution is 7.99. The van der Waals surface area contributed by atoms with Crippen molar-refractivity contribution in [1.29, 1.82) is 0 Å². The molecule has 0 radical (unpaired) electrons. The van der Waals surface area contributed by atoms with E-state index in [0.717, 1.165) is 43.1 Å². The molecule has 0 unspecified atom stereocenters. The predicted molar refractivity (Wildman–Crippen MR) is 190 cm³/mol. The van der Waals surface area contributed by atoms with E-state index in [2.05, 4.69) is 102 Å². The highest BCUT2D eigenvalue weighted by Crippen LogP contribution is 2.33. The summed E-state index contributed by atoms with van der Waals surface area (Å²) in [6.07, 6.45) is 0. The summed E-state index contributed by atoms with van der Waals surface area (Å²) in [5, 5.41) is 0. The van der Waals surface area contributed by atoms with Gasteiger partial charge < -0.3 is 4.42 Å². The lowest BCUT2D eigenvalue weighted by molar-refractivity contribution is 0.620. The molecule has 6 aromatic carbocycles. The lowest BCUT2D eigenvalue weighted by Gasteiger charge is -2.10. The SMILES string of the molecule is c1ccc(Sc2ccc(-c3nc(-c4ccc(Sc5ccccc5)cc4)nc(-c4ccc(-c5nc6ccccc6o5)cc4)n3)cc2)cc1. The average molecular weight is 643 g/mol. The average Bonchev–Trinajstić information content (AvgIpc) is 3.58. The molecule has 0 aliphatic carbocycles. The summed E-state index contributed by atoms with van der Waals surface area (Å²) < 4.78 is 5.99. The molecule has 0 bridgehead atoms. The Morgan fingerprint density at radius 1 is 0.340 bits per heavy atom. The van der Waals surface area contributed by atoms with Crippen molar-refractivity contribution < 1.29 is 4.42 Å². The van der Waals surface area contributed by atoms with Crippen LogP contribution in [0.5, 0.6) is 0 Å². The second-order valence-electron chi connectivity index (χ2n) is 10.7. The van der Waals surface area contributed by atoms with Gasteiger partial charge in [0.15, 0.2) is 23.1 Å². The number of rotatable bonds is 8. The van der Waals surface area contributed by atoms with E-state index >= 15 is 0 Å². The van der Waals surface area contributed by atoms with Crippen molar-refractivity contribution in [2.45, 2.75) is 19.6 Å². The number of oxazole rings is 1. The Bertz CT molecular complexity index is 2140. The third-order valence-corrected chi connectivity index (χ3v) is 9.53. The van der Waals surface area contributed by atoms with Gasteiger partial charge in [-0.05, 0) is 72.8 Å². The van der Waals surface area contributed by atoms with Gasteiger partial charge in [0.05, 0.1) is 0 Å². The van der Waals surface area contributed by atoms with Gasteiger partial charge in [-0.1, -0.05) is 108 Å². The fraction of sp³-hybridized carbons (Fsp3) is 0. The second kappa shape index (κ2) is 13.1. The highest BCUT2D eigenvalue weighted by Gasteiger charge is 2.14. The Morgan fingerprint density at radius 2 is 0.723 bits per heavy atom. The van der Waals surface area contributed by atoms with E-state index in [1.54, 1.807) is 23.5 Å². The molecule has 2 heterocycles. The number of hydrogen-bond acceptors (Lipinski definition) is 7. The minimum Gasteiger partial charge on any atom is -0.436 e. The molecule has 2 aromatic heterocycles. The van der Waals surface area contributed by atoms with Crippen LogP contribution in [0.4, 0.5) is 0 Å². The minimum atomic E-state index is 0.580. The van der Waals surface area contributed by atoms with Crippen LogP contribution in [0.3, 0.4) is 0 Å². The van der Waals surface area contributed by atoms with Crippen LogP contribution in [-0.2, 0) is 0 Å². The van der Waals surface area contributed by atoms with Crippen molar-refractivity contribution in [1.82, 2.24) is 19.9 Å². The van der Waals surface area contributed by atoms with E-state index < -0.39 is 0 Å². The Kier molecular flexibility index (Phi) is 8.05. The monoisotopic (exact) mass is 642 g/mol. The highest BCUT2D eigenvalue weighted by atomic mass is 32.2. The molecule has 0 fully saturated rings. The van der Waals surface area contributed by atoms with Crippen molar-refractivity contribution in [3.8, 4) is 45.6 Å². The van der Waals surface area contributed by atoms with Gasteiger partial charge in [-0.15, -0.1) is 0 Å². The molecule has 224 valence electrons. The molecular formula is C40H26N4OS2. The molecule has 8 aromatic rings. The maximum Gasteiger partial charge on any atom is 0.227 e. The third-order valence-electron chi connectivity index (χ3n) is 7.50. The molecule has 0 aliphatic rings. The van der Waals surface area contributed by atoms with E-state index in [9.17, 15) is 0 Å². The molecule has 0 aliphatic heterocycles. The molecular weight excluding hydrogens is 617 g/mol. The van der Waals surface area contributed by atoms with Crippen molar-refractivity contribution in [3.63, 3.8) is 0 Å². The molecule has 8 rings (SSSR count). The first kappa shape index (κ1) is 28.9. The van der Waals surface area contributed by atoms with Crippen LogP contribution in [0.15, 0.2) is 182 Å². The fourth-order valence-corrected chi connectivity index (χ4v) is 6.79. The van der Waals surface area contributed by atoms with Crippen molar-refractivity contribution in [2.24, 2.45) is 0 Å². The summed E-state index contributed by atoms with van der Waals surface area (Å²) in [4.78, 5) is 24.2. The van der Waals surface area contributed by atoms with E-state index in [1.807, 2.05) is 60.7 Å². The summed E-state index contributed by atoms with van der Waals surface area (Å²) in [5.74, 6) is 2.41.